The number of hydrogen-bond donors (Lipinski definition) is 2. The summed E-state index contributed by atoms with van der Waals surface area (Å²) in [4.78, 5) is 26.5. The molecule has 16 heavy (non-hydrogen) atoms. The normalized spacial score (nSPS) is 24.2. The van der Waals surface area contributed by atoms with Crippen LogP contribution in [0.25, 0.3) is 0 Å². The fourth-order valence-corrected chi connectivity index (χ4v) is 2.53. The summed E-state index contributed by atoms with van der Waals surface area (Å²) in [5.41, 5.74) is 1.94. The van der Waals surface area contributed by atoms with E-state index in [1.54, 1.807) is 10.9 Å². The van der Waals surface area contributed by atoms with Gasteiger partial charge in [0.05, 0.1) is 11.4 Å². The Morgan fingerprint density at radius 2 is 2.31 bits per heavy atom. The largest absolute Gasteiger partial charge is 0.481 e. The average Bonchev–Trinajstić information content (AvgIpc) is 2.86. The van der Waals surface area contributed by atoms with E-state index in [1.807, 2.05) is 0 Å². The smallest absolute Gasteiger partial charge is 0.308 e. The monoisotopic (exact) mass is 240 g/mol. The second kappa shape index (κ2) is 4.61. The zero-order valence-corrected chi connectivity index (χ0v) is 9.37. The van der Waals surface area contributed by atoms with Crippen LogP contribution in [0.4, 0.5) is 0 Å². The summed E-state index contributed by atoms with van der Waals surface area (Å²) in [5, 5.41) is 13.4. The Balaban J connectivity index is 1.99. The van der Waals surface area contributed by atoms with Crippen LogP contribution in [0.15, 0.2) is 10.9 Å². The Morgan fingerprint density at radius 3 is 2.94 bits per heavy atom. The van der Waals surface area contributed by atoms with Gasteiger partial charge in [0, 0.05) is 11.4 Å². The van der Waals surface area contributed by atoms with Crippen LogP contribution >= 0.6 is 11.3 Å². The maximum atomic E-state index is 11.7. The Hall–Kier alpha value is -1.43. The lowest BCUT2D eigenvalue weighted by Gasteiger charge is -2.16. The molecule has 0 saturated heterocycles. The van der Waals surface area contributed by atoms with Crippen LogP contribution in [0, 0.1) is 5.92 Å². The Kier molecular flexibility index (Phi) is 3.19. The molecule has 1 saturated carbocycles. The number of carbonyl (C=O) groups excluding carboxylic acids is 1. The number of aromatic nitrogens is 1. The molecule has 1 aliphatic rings. The molecule has 1 fully saturated rings. The lowest BCUT2D eigenvalue weighted by molar-refractivity contribution is -0.142. The molecular weight excluding hydrogens is 228 g/mol. The van der Waals surface area contributed by atoms with Gasteiger partial charge in [-0.25, -0.2) is 4.98 Å². The maximum Gasteiger partial charge on any atom is 0.308 e. The molecule has 5 nitrogen and oxygen atoms in total. The minimum Gasteiger partial charge on any atom is -0.481 e. The van der Waals surface area contributed by atoms with E-state index in [9.17, 15) is 9.59 Å². The highest BCUT2D eigenvalue weighted by molar-refractivity contribution is 7.07. The minimum atomic E-state index is -0.832. The first kappa shape index (κ1) is 11.1. The lowest BCUT2D eigenvalue weighted by Crippen LogP contribution is -2.40. The molecule has 0 aliphatic heterocycles. The number of carboxylic acids is 1. The van der Waals surface area contributed by atoms with E-state index in [2.05, 4.69) is 10.3 Å². The molecule has 2 rings (SSSR count). The van der Waals surface area contributed by atoms with E-state index in [0.717, 1.165) is 12.8 Å². The van der Waals surface area contributed by atoms with Gasteiger partial charge >= 0.3 is 5.97 Å². The van der Waals surface area contributed by atoms with Gasteiger partial charge < -0.3 is 10.4 Å². The lowest BCUT2D eigenvalue weighted by atomic mass is 10.0. The van der Waals surface area contributed by atoms with Gasteiger partial charge in [-0.1, -0.05) is 6.42 Å². The number of aliphatic carboxylic acids is 1. The molecule has 6 heteroatoms. The summed E-state index contributed by atoms with van der Waals surface area (Å²) in [7, 11) is 0. The third kappa shape index (κ3) is 2.21. The molecule has 2 N–H and O–H groups in total. The number of hydrogen-bond acceptors (Lipinski definition) is 4. The van der Waals surface area contributed by atoms with E-state index in [0.29, 0.717) is 12.1 Å². The molecule has 1 aliphatic carbocycles. The SMILES string of the molecule is O=C(NC1CCCC1C(=O)O)c1cscn1. The molecule has 0 bridgehead atoms. The molecule has 2 atom stereocenters. The zero-order valence-electron chi connectivity index (χ0n) is 8.55. The van der Waals surface area contributed by atoms with E-state index < -0.39 is 11.9 Å². The fourth-order valence-electron chi connectivity index (χ4n) is 2.00. The topological polar surface area (TPSA) is 79.3 Å². The molecule has 86 valence electrons. The highest BCUT2D eigenvalue weighted by Gasteiger charge is 2.34. The molecule has 1 aromatic heterocycles. The molecule has 0 spiro atoms. The highest BCUT2D eigenvalue weighted by Crippen LogP contribution is 2.26. The van der Waals surface area contributed by atoms with Gasteiger partial charge in [0.1, 0.15) is 5.69 Å². The number of carboxylic acid groups (broad SMARTS) is 1. The third-order valence-electron chi connectivity index (χ3n) is 2.81. The van der Waals surface area contributed by atoms with Crippen molar-refractivity contribution >= 4 is 23.2 Å². The van der Waals surface area contributed by atoms with Crippen LogP contribution in [0.5, 0.6) is 0 Å². The summed E-state index contributed by atoms with van der Waals surface area (Å²) in [6.07, 6.45) is 2.21. The van der Waals surface area contributed by atoms with Gasteiger partial charge in [-0.2, -0.15) is 0 Å². The first-order valence-corrected chi connectivity index (χ1v) is 6.04. The summed E-state index contributed by atoms with van der Waals surface area (Å²) in [5.74, 6) is -1.57. The van der Waals surface area contributed by atoms with Crippen molar-refractivity contribution in [3.05, 3.63) is 16.6 Å². The summed E-state index contributed by atoms with van der Waals surface area (Å²) in [6, 6.07) is -0.258. The van der Waals surface area contributed by atoms with E-state index in [1.165, 1.54) is 11.3 Å². The highest BCUT2D eigenvalue weighted by atomic mass is 32.1. The second-order valence-corrected chi connectivity index (χ2v) is 4.55. The number of nitrogens with zero attached hydrogens (tertiary/aromatic N) is 1. The molecule has 1 amide bonds. The van der Waals surface area contributed by atoms with Crippen molar-refractivity contribution in [3.63, 3.8) is 0 Å². The van der Waals surface area contributed by atoms with E-state index >= 15 is 0 Å². The molecule has 1 aromatic rings. The van der Waals surface area contributed by atoms with Crippen molar-refractivity contribution in [2.75, 3.05) is 0 Å². The summed E-state index contributed by atoms with van der Waals surface area (Å²) in [6.45, 7) is 0. The first-order valence-electron chi connectivity index (χ1n) is 5.10. The number of nitrogens with one attached hydrogen (secondary N) is 1. The van der Waals surface area contributed by atoms with Crippen molar-refractivity contribution in [2.24, 2.45) is 5.92 Å². The van der Waals surface area contributed by atoms with Crippen molar-refractivity contribution in [1.82, 2.24) is 10.3 Å². The van der Waals surface area contributed by atoms with Gasteiger partial charge in [0.25, 0.3) is 5.91 Å². The van der Waals surface area contributed by atoms with Crippen molar-refractivity contribution in [2.45, 2.75) is 25.3 Å². The van der Waals surface area contributed by atoms with Crippen molar-refractivity contribution in [3.8, 4) is 0 Å². The van der Waals surface area contributed by atoms with Gasteiger partial charge in [-0.05, 0) is 12.8 Å². The van der Waals surface area contributed by atoms with Crippen LogP contribution in [-0.2, 0) is 4.79 Å². The maximum absolute atomic E-state index is 11.7. The fraction of sp³-hybridized carbons (Fsp3) is 0.500. The average molecular weight is 240 g/mol. The van der Waals surface area contributed by atoms with Crippen LogP contribution in [-0.4, -0.2) is 28.0 Å². The molecular formula is C10H12N2O3S. The molecule has 0 radical (unpaired) electrons. The van der Waals surface area contributed by atoms with Gasteiger partial charge in [0.2, 0.25) is 0 Å². The van der Waals surface area contributed by atoms with Crippen molar-refractivity contribution in [1.29, 1.82) is 0 Å². The van der Waals surface area contributed by atoms with Crippen LogP contribution in [0.3, 0.4) is 0 Å². The van der Waals surface area contributed by atoms with E-state index in [-0.39, 0.29) is 11.9 Å². The number of thiazole rings is 1. The van der Waals surface area contributed by atoms with Gasteiger partial charge in [-0.3, -0.25) is 9.59 Å². The second-order valence-electron chi connectivity index (χ2n) is 3.83. The predicted octanol–water partition coefficient (Wildman–Crippen LogP) is 1.13. The van der Waals surface area contributed by atoms with Crippen LogP contribution in [0.2, 0.25) is 0 Å². The Bertz CT molecular complexity index is 391. The Labute approximate surface area is 96.5 Å². The predicted molar refractivity (Wildman–Crippen MR) is 58.3 cm³/mol. The summed E-state index contributed by atoms with van der Waals surface area (Å²) < 4.78 is 0. The van der Waals surface area contributed by atoms with Crippen LogP contribution < -0.4 is 5.32 Å². The molecule has 2 unspecified atom stereocenters. The third-order valence-corrected chi connectivity index (χ3v) is 3.40. The van der Waals surface area contributed by atoms with E-state index in [4.69, 9.17) is 5.11 Å². The number of rotatable bonds is 3. The minimum absolute atomic E-state index is 0.258. The first-order chi connectivity index (χ1) is 7.68. The van der Waals surface area contributed by atoms with Gasteiger partial charge in [-0.15, -0.1) is 11.3 Å². The summed E-state index contributed by atoms with van der Waals surface area (Å²) >= 11 is 1.34. The van der Waals surface area contributed by atoms with Crippen LogP contribution in [0.1, 0.15) is 29.8 Å². The Morgan fingerprint density at radius 1 is 1.50 bits per heavy atom. The zero-order chi connectivity index (χ0) is 11.5. The number of amides is 1. The quantitative estimate of drug-likeness (QED) is 0.830. The van der Waals surface area contributed by atoms with Gasteiger partial charge in [0.15, 0.2) is 0 Å². The molecule has 1 heterocycles. The number of carbonyl (C=O) groups is 2. The van der Waals surface area contributed by atoms with Crippen molar-refractivity contribution < 1.29 is 14.7 Å². The molecule has 0 aromatic carbocycles. The standard InChI is InChI=1S/C10H12N2O3S/c13-9(8-4-16-5-11-8)12-7-3-1-2-6(7)10(14)15/h4-7H,1-3H2,(H,12,13)(H,14,15).